The molecule has 0 bridgehead atoms. The van der Waals surface area contributed by atoms with Crippen LogP contribution < -0.4 is 0 Å². The molecule has 9 rings (SSSR count). The first kappa shape index (κ1) is 22.4. The van der Waals surface area contributed by atoms with Gasteiger partial charge in [0.15, 0.2) is 0 Å². The van der Waals surface area contributed by atoms with Crippen LogP contribution in [0.25, 0.3) is 80.7 Å². The molecule has 4 heteroatoms. The number of hydrogen-bond acceptors (Lipinski definition) is 3. The maximum atomic E-state index is 9.56. The summed E-state index contributed by atoms with van der Waals surface area (Å²) in [5.41, 5.74) is 8.26. The predicted octanol–water partition coefficient (Wildman–Crippen LogP) is 10.6. The number of benzene rings is 6. The SMILES string of the molecule is N#Cc1ccc2c(c1)c1ccccc1n2-c1cccc2c1sc1ccc(-c3cccc4oc5ccccc5c34)cc12. The van der Waals surface area contributed by atoms with Crippen LogP contribution in [0.4, 0.5) is 0 Å². The Morgan fingerprint density at radius 2 is 1.39 bits per heavy atom. The number of thiophene rings is 1. The standard InChI is InChI=1S/C37H20N2OS/c38-21-22-15-17-31-28(19-22)25-7-1-3-11-30(25)39(31)32-12-5-10-26-29-20-23(16-18-35(29)41-37(26)32)24-9-6-14-34-36(24)27-8-2-4-13-33(27)40-34/h1-20H. The molecule has 0 saturated heterocycles. The number of para-hydroxylation sites is 2. The molecule has 0 saturated carbocycles. The van der Waals surface area contributed by atoms with Gasteiger partial charge in [-0.15, -0.1) is 11.3 Å². The van der Waals surface area contributed by atoms with E-state index in [0.717, 1.165) is 49.4 Å². The van der Waals surface area contributed by atoms with E-state index in [-0.39, 0.29) is 0 Å². The Balaban J connectivity index is 1.31. The lowest BCUT2D eigenvalue weighted by Crippen LogP contribution is -1.93. The maximum absolute atomic E-state index is 9.56. The van der Waals surface area contributed by atoms with Crippen LogP contribution >= 0.6 is 11.3 Å². The molecule has 0 unspecified atom stereocenters. The van der Waals surface area contributed by atoms with Gasteiger partial charge in [-0.1, -0.05) is 66.7 Å². The van der Waals surface area contributed by atoms with Crippen LogP contribution in [-0.4, -0.2) is 4.57 Å². The molecular weight excluding hydrogens is 520 g/mol. The van der Waals surface area contributed by atoms with E-state index >= 15 is 0 Å². The second kappa shape index (κ2) is 8.32. The zero-order valence-electron chi connectivity index (χ0n) is 21.8. The first-order chi connectivity index (χ1) is 20.3. The van der Waals surface area contributed by atoms with Gasteiger partial charge >= 0.3 is 0 Å². The van der Waals surface area contributed by atoms with Crippen LogP contribution in [-0.2, 0) is 0 Å². The highest BCUT2D eigenvalue weighted by atomic mass is 32.1. The van der Waals surface area contributed by atoms with Gasteiger partial charge in [0.2, 0.25) is 0 Å². The van der Waals surface area contributed by atoms with Crippen molar-refractivity contribution >= 4 is 75.3 Å². The molecular formula is C37H20N2OS. The summed E-state index contributed by atoms with van der Waals surface area (Å²) < 4.78 is 11.0. The molecule has 3 nitrogen and oxygen atoms in total. The van der Waals surface area contributed by atoms with Crippen molar-refractivity contribution in [3.8, 4) is 22.9 Å². The summed E-state index contributed by atoms with van der Waals surface area (Å²) in [5, 5.41) is 16.6. The van der Waals surface area contributed by atoms with Crippen LogP contribution in [0.3, 0.4) is 0 Å². The summed E-state index contributed by atoms with van der Waals surface area (Å²) in [6, 6.07) is 44.8. The maximum Gasteiger partial charge on any atom is 0.136 e. The van der Waals surface area contributed by atoms with Gasteiger partial charge in [0.1, 0.15) is 11.2 Å². The topological polar surface area (TPSA) is 41.9 Å². The third-order valence-corrected chi connectivity index (χ3v) is 9.44. The summed E-state index contributed by atoms with van der Waals surface area (Å²) >= 11 is 1.83. The number of nitrogens with zero attached hydrogens (tertiary/aromatic N) is 2. The van der Waals surface area contributed by atoms with Crippen LogP contribution in [0, 0.1) is 11.3 Å². The number of furan rings is 1. The molecule has 9 aromatic rings. The van der Waals surface area contributed by atoms with E-state index in [2.05, 4.69) is 108 Å². The first-order valence-electron chi connectivity index (χ1n) is 13.6. The van der Waals surface area contributed by atoms with Crippen molar-refractivity contribution in [2.75, 3.05) is 0 Å². The fourth-order valence-electron chi connectivity index (χ4n) is 6.44. The Labute approximate surface area is 238 Å². The van der Waals surface area contributed by atoms with Crippen LogP contribution in [0.1, 0.15) is 5.56 Å². The van der Waals surface area contributed by atoms with Crippen LogP contribution in [0.2, 0.25) is 0 Å². The average molecular weight is 541 g/mol. The van der Waals surface area contributed by atoms with Crippen molar-refractivity contribution in [3.05, 3.63) is 127 Å². The zero-order chi connectivity index (χ0) is 27.1. The second-order valence-electron chi connectivity index (χ2n) is 10.4. The quantitative estimate of drug-likeness (QED) is 0.219. The predicted molar refractivity (Wildman–Crippen MR) is 171 cm³/mol. The Hall–Kier alpha value is -5.37. The molecule has 0 aliphatic carbocycles. The Morgan fingerprint density at radius 1 is 0.610 bits per heavy atom. The second-order valence-corrected chi connectivity index (χ2v) is 11.5. The molecule has 3 aromatic heterocycles. The van der Waals surface area contributed by atoms with E-state index in [1.165, 1.54) is 31.3 Å². The molecule has 190 valence electrons. The fraction of sp³-hybridized carbons (Fsp3) is 0. The van der Waals surface area contributed by atoms with Gasteiger partial charge in [0.05, 0.1) is 33.1 Å². The van der Waals surface area contributed by atoms with Crippen molar-refractivity contribution in [1.82, 2.24) is 4.57 Å². The molecule has 0 fully saturated rings. The van der Waals surface area contributed by atoms with Crippen molar-refractivity contribution in [2.24, 2.45) is 0 Å². The smallest absolute Gasteiger partial charge is 0.136 e. The lowest BCUT2D eigenvalue weighted by Gasteiger charge is -2.09. The number of fused-ring (bicyclic) bond motifs is 9. The van der Waals surface area contributed by atoms with Gasteiger partial charge in [-0.25, -0.2) is 0 Å². The van der Waals surface area contributed by atoms with Crippen LogP contribution in [0.5, 0.6) is 0 Å². The minimum absolute atomic E-state index is 0.674. The van der Waals surface area contributed by atoms with E-state index < -0.39 is 0 Å². The van der Waals surface area contributed by atoms with E-state index in [0.29, 0.717) is 5.56 Å². The molecule has 0 atom stereocenters. The molecule has 0 aliphatic heterocycles. The lowest BCUT2D eigenvalue weighted by atomic mass is 9.98. The van der Waals surface area contributed by atoms with E-state index in [9.17, 15) is 5.26 Å². The highest BCUT2D eigenvalue weighted by Gasteiger charge is 2.18. The lowest BCUT2D eigenvalue weighted by molar-refractivity contribution is 0.669. The van der Waals surface area contributed by atoms with Crippen molar-refractivity contribution in [2.45, 2.75) is 0 Å². The van der Waals surface area contributed by atoms with E-state index in [1.807, 2.05) is 35.6 Å². The third kappa shape index (κ3) is 3.12. The molecule has 3 heterocycles. The van der Waals surface area contributed by atoms with Gasteiger partial charge in [0.25, 0.3) is 0 Å². The molecule has 0 aliphatic rings. The number of hydrogen-bond donors (Lipinski definition) is 0. The monoisotopic (exact) mass is 540 g/mol. The number of aromatic nitrogens is 1. The summed E-state index contributed by atoms with van der Waals surface area (Å²) in [6.45, 7) is 0. The molecule has 6 aromatic carbocycles. The normalized spacial score (nSPS) is 11.9. The number of nitriles is 1. The van der Waals surface area contributed by atoms with Gasteiger partial charge < -0.3 is 8.98 Å². The van der Waals surface area contributed by atoms with Crippen LogP contribution in [0.15, 0.2) is 126 Å². The van der Waals surface area contributed by atoms with E-state index in [4.69, 9.17) is 4.42 Å². The highest BCUT2D eigenvalue weighted by Crippen LogP contribution is 2.43. The van der Waals surface area contributed by atoms with Gasteiger partial charge in [0, 0.05) is 37.0 Å². The van der Waals surface area contributed by atoms with Crippen molar-refractivity contribution in [1.29, 1.82) is 5.26 Å². The molecule has 0 N–H and O–H groups in total. The summed E-state index contributed by atoms with van der Waals surface area (Å²) in [4.78, 5) is 0. The van der Waals surface area contributed by atoms with Gasteiger partial charge in [-0.3, -0.25) is 0 Å². The fourth-order valence-corrected chi connectivity index (χ4v) is 7.63. The molecule has 41 heavy (non-hydrogen) atoms. The summed E-state index contributed by atoms with van der Waals surface area (Å²) in [5.74, 6) is 0. The average Bonchev–Trinajstić information content (AvgIpc) is 3.70. The summed E-state index contributed by atoms with van der Waals surface area (Å²) in [7, 11) is 0. The zero-order valence-corrected chi connectivity index (χ0v) is 22.6. The minimum atomic E-state index is 0.674. The van der Waals surface area contributed by atoms with Gasteiger partial charge in [-0.2, -0.15) is 5.26 Å². The largest absolute Gasteiger partial charge is 0.456 e. The Kier molecular flexibility index (Phi) is 4.55. The first-order valence-corrected chi connectivity index (χ1v) is 14.4. The molecule has 0 spiro atoms. The Morgan fingerprint density at radius 3 is 2.32 bits per heavy atom. The molecule has 0 amide bonds. The minimum Gasteiger partial charge on any atom is -0.456 e. The highest BCUT2D eigenvalue weighted by molar-refractivity contribution is 7.26. The summed E-state index contributed by atoms with van der Waals surface area (Å²) in [6.07, 6.45) is 0. The number of rotatable bonds is 2. The molecule has 0 radical (unpaired) electrons. The van der Waals surface area contributed by atoms with Crippen molar-refractivity contribution in [3.63, 3.8) is 0 Å². The third-order valence-electron chi connectivity index (χ3n) is 8.23. The Bertz CT molecular complexity index is 2560. The van der Waals surface area contributed by atoms with Crippen molar-refractivity contribution < 1.29 is 4.42 Å². The van der Waals surface area contributed by atoms with E-state index in [1.54, 1.807) is 0 Å². The van der Waals surface area contributed by atoms with Gasteiger partial charge in [-0.05, 0) is 65.7 Å².